The van der Waals surface area contributed by atoms with Crippen molar-refractivity contribution in [3.8, 4) is 11.5 Å². The number of hydrogen-bond acceptors (Lipinski definition) is 3. The van der Waals surface area contributed by atoms with Gasteiger partial charge in [0.05, 0.1) is 5.69 Å². The van der Waals surface area contributed by atoms with Gasteiger partial charge in [-0.1, -0.05) is 24.3 Å². The summed E-state index contributed by atoms with van der Waals surface area (Å²) >= 11 is 0. The number of oxazole rings is 1. The highest BCUT2D eigenvalue weighted by Crippen LogP contribution is 2.34. The summed E-state index contributed by atoms with van der Waals surface area (Å²) in [4.78, 5) is 7.06. The third-order valence-electron chi connectivity index (χ3n) is 4.92. The Kier molecular flexibility index (Phi) is 4.36. The molecular weight excluding hydrogens is 315 g/mol. The smallest absolute Gasteiger partial charge is 0.226 e. The van der Waals surface area contributed by atoms with E-state index in [1.165, 1.54) is 36.1 Å². The van der Waals surface area contributed by atoms with Gasteiger partial charge in [0.25, 0.3) is 0 Å². The lowest BCUT2D eigenvalue weighted by atomic mass is 9.99. The molecule has 0 amide bonds. The molecule has 1 aliphatic heterocycles. The first-order valence-electron chi connectivity index (χ1n) is 8.70. The van der Waals surface area contributed by atoms with Gasteiger partial charge in [0.2, 0.25) is 5.89 Å². The third kappa shape index (κ3) is 3.35. The number of halogens is 1. The van der Waals surface area contributed by atoms with Crippen molar-refractivity contribution in [3.63, 3.8) is 0 Å². The van der Waals surface area contributed by atoms with Crippen molar-refractivity contribution < 1.29 is 8.81 Å². The molecule has 4 heteroatoms. The molecule has 1 aliphatic rings. The van der Waals surface area contributed by atoms with Gasteiger partial charge in [-0.3, -0.25) is 4.90 Å². The molecule has 3 nitrogen and oxygen atoms in total. The van der Waals surface area contributed by atoms with Crippen LogP contribution in [0.15, 0.2) is 59.2 Å². The van der Waals surface area contributed by atoms with Crippen LogP contribution in [-0.4, -0.2) is 16.4 Å². The van der Waals surface area contributed by atoms with Gasteiger partial charge in [-0.2, -0.15) is 0 Å². The number of nitrogens with zero attached hydrogens (tertiary/aromatic N) is 2. The number of benzene rings is 2. The van der Waals surface area contributed by atoms with Gasteiger partial charge in [-0.15, -0.1) is 0 Å². The third-order valence-corrected chi connectivity index (χ3v) is 4.92. The van der Waals surface area contributed by atoms with Crippen molar-refractivity contribution in [1.82, 2.24) is 9.88 Å². The first-order valence-corrected chi connectivity index (χ1v) is 8.70. The lowest BCUT2D eigenvalue weighted by Crippen LogP contribution is -2.23. The summed E-state index contributed by atoms with van der Waals surface area (Å²) in [6.45, 7) is 4.01. The Bertz CT molecular complexity index is 856. The lowest BCUT2D eigenvalue weighted by molar-refractivity contribution is 0.245. The Balaban J connectivity index is 1.52. The number of aryl methyl sites for hydroxylation is 1. The molecule has 1 aromatic heterocycles. The van der Waals surface area contributed by atoms with E-state index >= 15 is 0 Å². The predicted molar refractivity (Wildman–Crippen MR) is 95.5 cm³/mol. The molecule has 2 heterocycles. The average Bonchev–Trinajstić information content (AvgIpc) is 3.26. The van der Waals surface area contributed by atoms with E-state index in [1.807, 2.05) is 0 Å². The van der Waals surface area contributed by atoms with Crippen LogP contribution in [-0.2, 0) is 6.54 Å². The number of aromatic nitrogens is 1. The molecule has 0 aliphatic carbocycles. The van der Waals surface area contributed by atoms with Crippen LogP contribution in [0.1, 0.15) is 35.7 Å². The fourth-order valence-corrected chi connectivity index (χ4v) is 3.64. The number of likely N-dealkylation sites (tertiary alicyclic amines) is 1. The molecule has 1 fully saturated rings. The molecule has 0 radical (unpaired) electrons. The second kappa shape index (κ2) is 6.81. The largest absolute Gasteiger partial charge is 0.444 e. The van der Waals surface area contributed by atoms with E-state index in [4.69, 9.17) is 4.42 Å². The summed E-state index contributed by atoms with van der Waals surface area (Å²) in [7, 11) is 0. The quantitative estimate of drug-likeness (QED) is 0.662. The highest BCUT2D eigenvalue weighted by Gasteiger charge is 2.27. The zero-order chi connectivity index (χ0) is 17.2. The van der Waals surface area contributed by atoms with Crippen LogP contribution in [0.3, 0.4) is 0 Å². The van der Waals surface area contributed by atoms with Gasteiger partial charge >= 0.3 is 0 Å². The van der Waals surface area contributed by atoms with Crippen LogP contribution in [0.2, 0.25) is 0 Å². The molecular formula is C21H21FN2O. The van der Waals surface area contributed by atoms with Gasteiger partial charge in [-0.05, 0) is 61.7 Å². The van der Waals surface area contributed by atoms with E-state index in [-0.39, 0.29) is 5.82 Å². The Morgan fingerprint density at radius 2 is 1.96 bits per heavy atom. The Hall–Kier alpha value is -2.46. The summed E-state index contributed by atoms with van der Waals surface area (Å²) in [6.07, 6.45) is 4.08. The van der Waals surface area contributed by atoms with Gasteiger partial charge in [0, 0.05) is 18.2 Å². The molecule has 2 aromatic carbocycles. The van der Waals surface area contributed by atoms with E-state index in [0.717, 1.165) is 24.3 Å². The van der Waals surface area contributed by atoms with E-state index < -0.39 is 0 Å². The van der Waals surface area contributed by atoms with Gasteiger partial charge < -0.3 is 4.42 Å². The fraction of sp³-hybridized carbons (Fsp3) is 0.286. The Morgan fingerprint density at radius 3 is 2.76 bits per heavy atom. The molecule has 4 rings (SSSR count). The minimum absolute atomic E-state index is 0.256. The van der Waals surface area contributed by atoms with Crippen LogP contribution in [0.4, 0.5) is 4.39 Å². The van der Waals surface area contributed by atoms with Crippen molar-refractivity contribution in [2.75, 3.05) is 6.54 Å². The first-order chi connectivity index (χ1) is 12.2. The summed E-state index contributed by atoms with van der Waals surface area (Å²) in [5.74, 6) is 0.287. The van der Waals surface area contributed by atoms with Crippen LogP contribution in [0.5, 0.6) is 0 Å². The van der Waals surface area contributed by atoms with E-state index in [2.05, 4.69) is 41.1 Å². The molecule has 128 valence electrons. The molecule has 0 bridgehead atoms. The van der Waals surface area contributed by atoms with Crippen LogP contribution < -0.4 is 0 Å². The average molecular weight is 336 g/mol. The zero-order valence-electron chi connectivity index (χ0n) is 14.3. The Labute approximate surface area is 147 Å². The number of rotatable bonds is 4. The fourth-order valence-electron chi connectivity index (χ4n) is 3.64. The molecule has 25 heavy (non-hydrogen) atoms. The second-order valence-corrected chi connectivity index (χ2v) is 6.64. The number of hydrogen-bond donors (Lipinski definition) is 0. The minimum atomic E-state index is -0.256. The summed E-state index contributed by atoms with van der Waals surface area (Å²) in [6, 6.07) is 15.3. The molecule has 3 aromatic rings. The van der Waals surface area contributed by atoms with Crippen molar-refractivity contribution >= 4 is 0 Å². The maximum Gasteiger partial charge on any atom is 0.226 e. The van der Waals surface area contributed by atoms with Crippen LogP contribution in [0.25, 0.3) is 11.5 Å². The molecule has 0 saturated carbocycles. The highest BCUT2D eigenvalue weighted by atomic mass is 19.1. The summed E-state index contributed by atoms with van der Waals surface area (Å²) < 4.78 is 18.7. The van der Waals surface area contributed by atoms with Crippen molar-refractivity contribution in [3.05, 3.63) is 77.4 Å². The monoisotopic (exact) mass is 336 g/mol. The van der Waals surface area contributed by atoms with Crippen molar-refractivity contribution in [1.29, 1.82) is 0 Å². The lowest BCUT2D eigenvalue weighted by Gasteiger charge is -2.25. The van der Waals surface area contributed by atoms with Gasteiger partial charge in [0.15, 0.2) is 0 Å². The molecule has 1 atom stereocenters. The van der Waals surface area contributed by atoms with E-state index in [1.54, 1.807) is 18.4 Å². The second-order valence-electron chi connectivity index (χ2n) is 6.64. The van der Waals surface area contributed by atoms with Crippen molar-refractivity contribution in [2.45, 2.75) is 32.4 Å². The molecule has 1 saturated heterocycles. The molecule has 0 unspecified atom stereocenters. The summed E-state index contributed by atoms with van der Waals surface area (Å²) in [5.41, 5.74) is 4.46. The Morgan fingerprint density at radius 1 is 1.16 bits per heavy atom. The zero-order valence-corrected chi connectivity index (χ0v) is 14.3. The minimum Gasteiger partial charge on any atom is -0.444 e. The van der Waals surface area contributed by atoms with E-state index in [9.17, 15) is 4.39 Å². The van der Waals surface area contributed by atoms with Crippen LogP contribution >= 0.6 is 0 Å². The summed E-state index contributed by atoms with van der Waals surface area (Å²) in [5, 5.41) is 0. The van der Waals surface area contributed by atoms with Crippen molar-refractivity contribution in [2.24, 2.45) is 0 Å². The predicted octanol–water partition coefficient (Wildman–Crippen LogP) is 5.13. The van der Waals surface area contributed by atoms with Gasteiger partial charge in [-0.25, -0.2) is 9.37 Å². The highest BCUT2D eigenvalue weighted by molar-refractivity contribution is 5.52. The van der Waals surface area contributed by atoms with Gasteiger partial charge in [0.1, 0.15) is 12.1 Å². The topological polar surface area (TPSA) is 29.3 Å². The maximum absolute atomic E-state index is 13.1. The SMILES string of the molecule is Cc1ccccc1[C@@H]1CCCN1Cc1coc(-c2ccc(F)cc2)n1. The molecule has 0 spiro atoms. The first kappa shape index (κ1) is 16.0. The normalized spacial score (nSPS) is 17.9. The standard InChI is InChI=1S/C21H21FN2O/c1-15-5-2-3-6-19(15)20-7-4-12-24(20)13-18-14-25-21(23-18)16-8-10-17(22)11-9-16/h2-3,5-6,8-11,14,20H,4,7,12-13H2,1H3/t20-/m0/s1. The van der Waals surface area contributed by atoms with Crippen LogP contribution in [0, 0.1) is 12.7 Å². The molecule has 0 N–H and O–H groups in total. The maximum atomic E-state index is 13.1. The van der Waals surface area contributed by atoms with E-state index in [0.29, 0.717) is 11.9 Å².